The van der Waals surface area contributed by atoms with E-state index in [1.807, 2.05) is 19.1 Å². The van der Waals surface area contributed by atoms with E-state index in [-0.39, 0.29) is 29.8 Å². The van der Waals surface area contributed by atoms with Crippen LogP contribution in [0, 0.1) is 0 Å². The van der Waals surface area contributed by atoms with Gasteiger partial charge in [0.2, 0.25) is 5.91 Å². The molecule has 1 atom stereocenters. The van der Waals surface area contributed by atoms with E-state index in [0.29, 0.717) is 0 Å². The molecule has 25 heavy (non-hydrogen) atoms. The highest BCUT2D eigenvalue weighted by atomic mass is 16.5. The highest BCUT2D eigenvalue weighted by Crippen LogP contribution is 2.36. The molecule has 2 aromatic rings. The second-order valence-corrected chi connectivity index (χ2v) is 7.12. The van der Waals surface area contributed by atoms with E-state index >= 15 is 0 Å². The van der Waals surface area contributed by atoms with Crippen LogP contribution >= 0.6 is 0 Å². The maximum absolute atomic E-state index is 12.3. The summed E-state index contributed by atoms with van der Waals surface area (Å²) in [4.78, 5) is 24.1. The van der Waals surface area contributed by atoms with Crippen molar-refractivity contribution in [3.05, 3.63) is 46.1 Å². The number of aromatic nitrogens is 3. The summed E-state index contributed by atoms with van der Waals surface area (Å²) in [6, 6.07) is 5.95. The quantitative estimate of drug-likeness (QED) is 0.893. The number of nitrogens with one attached hydrogen (secondary N) is 1. The third-order valence-corrected chi connectivity index (χ3v) is 4.41. The lowest BCUT2D eigenvalue weighted by molar-refractivity contribution is -0.122. The maximum Gasteiger partial charge on any atom is 0.345 e. The molecule has 0 saturated heterocycles. The SMILES string of the molecule is CC[C@@H](NC(=O)Cn1ncn(C)c1=O)c1ccc2c(c1)CC(C)(C)O2. The van der Waals surface area contributed by atoms with Gasteiger partial charge in [-0.2, -0.15) is 5.10 Å². The monoisotopic (exact) mass is 344 g/mol. The number of fused-ring (bicyclic) bond motifs is 1. The lowest BCUT2D eigenvalue weighted by Gasteiger charge is -2.18. The Morgan fingerprint density at radius 2 is 2.20 bits per heavy atom. The van der Waals surface area contributed by atoms with Crippen molar-refractivity contribution >= 4 is 5.91 Å². The summed E-state index contributed by atoms with van der Waals surface area (Å²) in [5.41, 5.74) is 1.71. The van der Waals surface area contributed by atoms with Gasteiger partial charge >= 0.3 is 5.69 Å². The average molecular weight is 344 g/mol. The predicted octanol–water partition coefficient (Wildman–Crippen LogP) is 1.56. The van der Waals surface area contributed by atoms with Gasteiger partial charge in [0.05, 0.1) is 6.04 Å². The van der Waals surface area contributed by atoms with Crippen LogP contribution in [0.1, 0.15) is 44.4 Å². The number of carbonyl (C=O) groups excluding carboxylic acids is 1. The van der Waals surface area contributed by atoms with Crippen LogP contribution < -0.4 is 15.7 Å². The summed E-state index contributed by atoms with van der Waals surface area (Å²) in [7, 11) is 1.60. The smallest absolute Gasteiger partial charge is 0.345 e. The van der Waals surface area contributed by atoms with E-state index in [0.717, 1.165) is 34.4 Å². The number of amides is 1. The molecule has 0 saturated carbocycles. The zero-order chi connectivity index (χ0) is 18.2. The van der Waals surface area contributed by atoms with Crippen LogP contribution in [-0.2, 0) is 24.8 Å². The number of hydrogen-bond donors (Lipinski definition) is 1. The zero-order valence-electron chi connectivity index (χ0n) is 15.1. The average Bonchev–Trinajstić information content (AvgIpc) is 3.03. The second kappa shape index (κ2) is 6.38. The first kappa shape index (κ1) is 17.3. The van der Waals surface area contributed by atoms with Gasteiger partial charge in [0.15, 0.2) is 0 Å². The van der Waals surface area contributed by atoms with Crippen LogP contribution in [0.15, 0.2) is 29.3 Å². The third kappa shape index (κ3) is 3.60. The van der Waals surface area contributed by atoms with Crippen molar-refractivity contribution in [1.29, 1.82) is 0 Å². The molecule has 0 fully saturated rings. The van der Waals surface area contributed by atoms with Crippen molar-refractivity contribution in [3.63, 3.8) is 0 Å². The molecule has 1 aromatic heterocycles. The molecule has 1 aliphatic rings. The third-order valence-electron chi connectivity index (χ3n) is 4.41. The minimum atomic E-state index is -0.305. The lowest BCUT2D eigenvalue weighted by Crippen LogP contribution is -2.35. The van der Waals surface area contributed by atoms with E-state index in [4.69, 9.17) is 4.74 Å². The van der Waals surface area contributed by atoms with Crippen molar-refractivity contribution in [2.24, 2.45) is 7.05 Å². The van der Waals surface area contributed by atoms with Crippen molar-refractivity contribution < 1.29 is 9.53 Å². The summed E-state index contributed by atoms with van der Waals surface area (Å²) in [6.07, 6.45) is 3.00. The van der Waals surface area contributed by atoms with E-state index in [1.54, 1.807) is 7.05 Å². The Balaban J connectivity index is 1.72. The molecule has 7 heteroatoms. The fourth-order valence-corrected chi connectivity index (χ4v) is 3.17. The van der Waals surface area contributed by atoms with Crippen LogP contribution in [0.25, 0.3) is 0 Å². The highest BCUT2D eigenvalue weighted by Gasteiger charge is 2.30. The molecule has 2 heterocycles. The van der Waals surface area contributed by atoms with Crippen molar-refractivity contribution in [3.8, 4) is 5.75 Å². The number of benzene rings is 1. The fourth-order valence-electron chi connectivity index (χ4n) is 3.17. The molecule has 0 radical (unpaired) electrons. The normalized spacial score (nSPS) is 16.2. The van der Waals surface area contributed by atoms with Gasteiger partial charge in [-0.3, -0.25) is 9.36 Å². The summed E-state index contributed by atoms with van der Waals surface area (Å²) in [5, 5.41) is 6.91. The molecule has 1 N–H and O–H groups in total. The van der Waals surface area contributed by atoms with E-state index < -0.39 is 0 Å². The number of rotatable bonds is 5. The van der Waals surface area contributed by atoms with E-state index in [1.165, 1.54) is 10.9 Å². The number of aryl methyl sites for hydroxylation is 1. The molecule has 0 bridgehead atoms. The van der Waals surface area contributed by atoms with Gasteiger partial charge in [-0.25, -0.2) is 9.48 Å². The Hall–Kier alpha value is -2.57. The van der Waals surface area contributed by atoms with Crippen LogP contribution in [0.5, 0.6) is 5.75 Å². The summed E-state index contributed by atoms with van der Waals surface area (Å²) in [5.74, 6) is 0.680. The Kier molecular flexibility index (Phi) is 4.41. The molecule has 1 amide bonds. The zero-order valence-corrected chi connectivity index (χ0v) is 15.1. The standard InChI is InChI=1S/C18H24N4O3/c1-5-14(20-16(23)10-22-17(24)21(4)11-19-22)12-6-7-15-13(8-12)9-18(2,3)25-15/h6-8,11,14H,5,9-10H2,1-4H3,(H,20,23)/t14-/m1/s1. The van der Waals surface area contributed by atoms with Crippen LogP contribution in [0.2, 0.25) is 0 Å². The molecule has 134 valence electrons. The topological polar surface area (TPSA) is 78.2 Å². The first-order valence-corrected chi connectivity index (χ1v) is 8.48. The van der Waals surface area contributed by atoms with Gasteiger partial charge in [0.1, 0.15) is 24.2 Å². The van der Waals surface area contributed by atoms with Gasteiger partial charge in [-0.05, 0) is 43.5 Å². The van der Waals surface area contributed by atoms with E-state index in [2.05, 4.69) is 30.3 Å². The molecule has 7 nitrogen and oxygen atoms in total. The molecule has 1 aliphatic heterocycles. The van der Waals surface area contributed by atoms with Gasteiger partial charge < -0.3 is 10.1 Å². The second-order valence-electron chi connectivity index (χ2n) is 7.12. The molecular formula is C18H24N4O3. The lowest BCUT2D eigenvalue weighted by atomic mass is 9.97. The predicted molar refractivity (Wildman–Crippen MR) is 93.5 cm³/mol. The van der Waals surface area contributed by atoms with Gasteiger partial charge in [0, 0.05) is 13.5 Å². The Labute approximate surface area is 146 Å². The van der Waals surface area contributed by atoms with Crippen LogP contribution in [0.4, 0.5) is 0 Å². The molecule has 3 rings (SSSR count). The minimum absolute atomic E-state index is 0.0861. The molecular weight excluding hydrogens is 320 g/mol. The number of carbonyl (C=O) groups is 1. The van der Waals surface area contributed by atoms with Crippen molar-refractivity contribution in [2.75, 3.05) is 0 Å². The summed E-state index contributed by atoms with van der Waals surface area (Å²) < 4.78 is 8.40. The van der Waals surface area contributed by atoms with Crippen LogP contribution in [-0.4, -0.2) is 25.9 Å². The number of ether oxygens (including phenoxy) is 1. The largest absolute Gasteiger partial charge is 0.487 e. The van der Waals surface area contributed by atoms with Gasteiger partial charge in [0.25, 0.3) is 0 Å². The van der Waals surface area contributed by atoms with Crippen molar-refractivity contribution in [2.45, 2.75) is 51.8 Å². The molecule has 0 unspecified atom stereocenters. The highest BCUT2D eigenvalue weighted by molar-refractivity contribution is 5.76. The van der Waals surface area contributed by atoms with Gasteiger partial charge in [-0.15, -0.1) is 0 Å². The fraction of sp³-hybridized carbons (Fsp3) is 0.500. The van der Waals surface area contributed by atoms with E-state index in [9.17, 15) is 9.59 Å². The molecule has 1 aromatic carbocycles. The van der Waals surface area contributed by atoms with Gasteiger partial charge in [-0.1, -0.05) is 13.0 Å². The summed E-state index contributed by atoms with van der Waals surface area (Å²) >= 11 is 0. The van der Waals surface area contributed by atoms with Crippen molar-refractivity contribution in [1.82, 2.24) is 19.7 Å². The number of nitrogens with zero attached hydrogens (tertiary/aromatic N) is 3. The molecule has 0 spiro atoms. The number of hydrogen-bond acceptors (Lipinski definition) is 4. The Morgan fingerprint density at radius 1 is 1.44 bits per heavy atom. The minimum Gasteiger partial charge on any atom is -0.487 e. The van der Waals surface area contributed by atoms with Crippen LogP contribution in [0.3, 0.4) is 0 Å². The first-order chi connectivity index (χ1) is 11.8. The Morgan fingerprint density at radius 3 is 2.84 bits per heavy atom. The maximum atomic E-state index is 12.3. The Bertz CT molecular complexity index is 850. The molecule has 0 aliphatic carbocycles. The first-order valence-electron chi connectivity index (χ1n) is 8.48. The summed E-state index contributed by atoms with van der Waals surface area (Å²) in [6.45, 7) is 6.06.